The second-order valence-corrected chi connectivity index (χ2v) is 7.49. The Morgan fingerprint density at radius 2 is 2.10 bits per heavy atom. The largest absolute Gasteiger partial charge is 0.733 e. The SMILES string of the molecule is CC(=O)Nc1ccc(CN2C[C@H](O)C[C@H]2c2nc(-c3cccc(N([O-])O)c3)no2)cc1. The van der Waals surface area contributed by atoms with E-state index in [0.29, 0.717) is 36.8 Å². The van der Waals surface area contributed by atoms with Gasteiger partial charge in [0.15, 0.2) is 0 Å². The number of β-amino-alcohol motifs (C(OH)–C–C–N with tert-alkyl or cyclic N) is 1. The number of aromatic nitrogens is 2. The highest BCUT2D eigenvalue weighted by Crippen LogP contribution is 2.34. The van der Waals surface area contributed by atoms with E-state index >= 15 is 0 Å². The number of carbonyl (C=O) groups is 1. The molecular weight excluding hydrogens is 402 g/mol. The van der Waals surface area contributed by atoms with Gasteiger partial charge in [0.05, 0.1) is 17.8 Å². The first kappa shape index (κ1) is 20.9. The third kappa shape index (κ3) is 4.89. The van der Waals surface area contributed by atoms with Gasteiger partial charge in [0.2, 0.25) is 17.6 Å². The second-order valence-electron chi connectivity index (χ2n) is 7.49. The summed E-state index contributed by atoms with van der Waals surface area (Å²) in [5.74, 6) is 0.532. The highest BCUT2D eigenvalue weighted by atomic mass is 16.8. The van der Waals surface area contributed by atoms with E-state index < -0.39 is 6.10 Å². The molecule has 1 aliphatic heterocycles. The summed E-state index contributed by atoms with van der Waals surface area (Å²) in [7, 11) is 0. The average Bonchev–Trinajstić information content (AvgIpc) is 3.36. The van der Waals surface area contributed by atoms with Gasteiger partial charge >= 0.3 is 0 Å². The van der Waals surface area contributed by atoms with Crippen molar-refractivity contribution in [3.8, 4) is 11.4 Å². The molecule has 10 heteroatoms. The maximum absolute atomic E-state index is 11.2. The van der Waals surface area contributed by atoms with Crippen LogP contribution in [0.5, 0.6) is 0 Å². The Morgan fingerprint density at radius 3 is 2.81 bits per heavy atom. The van der Waals surface area contributed by atoms with Crippen LogP contribution in [0.3, 0.4) is 0 Å². The van der Waals surface area contributed by atoms with Crippen LogP contribution in [-0.4, -0.2) is 43.9 Å². The van der Waals surface area contributed by atoms with E-state index in [1.165, 1.54) is 19.1 Å². The fourth-order valence-electron chi connectivity index (χ4n) is 3.69. The number of nitrogens with one attached hydrogen (secondary N) is 1. The van der Waals surface area contributed by atoms with Gasteiger partial charge in [-0.1, -0.05) is 29.4 Å². The summed E-state index contributed by atoms with van der Waals surface area (Å²) in [4.78, 5) is 17.7. The van der Waals surface area contributed by atoms with Gasteiger partial charge in [-0.15, -0.1) is 0 Å². The molecule has 2 atom stereocenters. The van der Waals surface area contributed by atoms with Gasteiger partial charge in [-0.2, -0.15) is 4.98 Å². The van der Waals surface area contributed by atoms with Crippen LogP contribution < -0.4 is 10.5 Å². The molecule has 0 unspecified atom stereocenters. The van der Waals surface area contributed by atoms with Gasteiger partial charge in [0.1, 0.15) is 0 Å². The number of amides is 1. The lowest BCUT2D eigenvalue weighted by Gasteiger charge is -2.21. The number of rotatable bonds is 6. The smallest absolute Gasteiger partial charge is 0.244 e. The Balaban J connectivity index is 1.51. The van der Waals surface area contributed by atoms with E-state index in [1.54, 1.807) is 12.1 Å². The molecule has 1 saturated heterocycles. The summed E-state index contributed by atoms with van der Waals surface area (Å²) in [5.41, 5.74) is 2.32. The van der Waals surface area contributed by atoms with Crippen molar-refractivity contribution in [2.75, 3.05) is 17.1 Å². The summed E-state index contributed by atoms with van der Waals surface area (Å²) in [5, 5.41) is 37.0. The number of likely N-dealkylation sites (tertiary alicyclic amines) is 1. The van der Waals surface area contributed by atoms with Gasteiger partial charge in [-0.25, -0.2) is 0 Å². The molecule has 2 heterocycles. The molecule has 1 aromatic heterocycles. The number of aliphatic hydroxyl groups is 1. The third-order valence-corrected chi connectivity index (χ3v) is 5.09. The van der Waals surface area contributed by atoms with Gasteiger partial charge in [-0.05, 0) is 36.2 Å². The number of benzene rings is 2. The quantitative estimate of drug-likeness (QED) is 0.510. The third-order valence-electron chi connectivity index (χ3n) is 5.09. The number of hydrogen-bond acceptors (Lipinski definition) is 9. The summed E-state index contributed by atoms with van der Waals surface area (Å²) in [6.45, 7) is 2.48. The zero-order valence-electron chi connectivity index (χ0n) is 16.8. The number of hydrogen-bond donors (Lipinski definition) is 3. The minimum absolute atomic E-state index is 0.0597. The summed E-state index contributed by atoms with van der Waals surface area (Å²) in [6.07, 6.45) is -0.0675. The normalized spacial score (nSPS) is 18.8. The van der Waals surface area contributed by atoms with Crippen LogP contribution in [0.4, 0.5) is 11.4 Å². The van der Waals surface area contributed by atoms with Crippen molar-refractivity contribution in [1.82, 2.24) is 15.0 Å². The van der Waals surface area contributed by atoms with Crippen LogP contribution in [-0.2, 0) is 11.3 Å². The van der Waals surface area contributed by atoms with E-state index in [2.05, 4.69) is 20.4 Å². The first-order valence-corrected chi connectivity index (χ1v) is 9.78. The average molecular weight is 424 g/mol. The van der Waals surface area contributed by atoms with Crippen molar-refractivity contribution < 1.29 is 19.6 Å². The van der Waals surface area contributed by atoms with Crippen LogP contribution in [0.2, 0.25) is 0 Å². The van der Waals surface area contributed by atoms with Crippen LogP contribution >= 0.6 is 0 Å². The first-order valence-electron chi connectivity index (χ1n) is 9.78. The standard InChI is InChI=1S/C21H22N5O5/c1-13(27)22-16-7-5-14(6-8-16)11-25-12-18(28)10-19(25)21-23-20(24-31-21)15-3-2-4-17(9-15)26(29)30/h2-9,18-19,28-29H,10-12H2,1H3,(H,22,27)/q-1/t18-,19+/m1/s1. The highest BCUT2D eigenvalue weighted by molar-refractivity contribution is 5.88. The summed E-state index contributed by atoms with van der Waals surface area (Å²) >= 11 is 0. The minimum atomic E-state index is -0.522. The predicted octanol–water partition coefficient (Wildman–Crippen LogP) is 2.70. The summed E-state index contributed by atoms with van der Waals surface area (Å²) in [6, 6.07) is 13.5. The number of carbonyl (C=O) groups excluding carboxylic acids is 1. The zero-order valence-corrected chi connectivity index (χ0v) is 16.8. The lowest BCUT2D eigenvalue weighted by molar-refractivity contribution is -0.114. The van der Waals surface area contributed by atoms with Gasteiger partial charge in [0.25, 0.3) is 0 Å². The second kappa shape index (κ2) is 8.82. The molecule has 10 nitrogen and oxygen atoms in total. The fourth-order valence-corrected chi connectivity index (χ4v) is 3.69. The topological polar surface area (TPSA) is 138 Å². The van der Waals surface area contributed by atoms with Crippen molar-refractivity contribution in [1.29, 1.82) is 0 Å². The molecule has 162 valence electrons. The van der Waals surface area contributed by atoms with E-state index in [-0.39, 0.29) is 22.9 Å². The molecule has 0 bridgehead atoms. The van der Waals surface area contributed by atoms with E-state index in [4.69, 9.17) is 9.73 Å². The molecule has 1 aliphatic rings. The van der Waals surface area contributed by atoms with Crippen LogP contribution in [0.25, 0.3) is 11.4 Å². The molecule has 0 saturated carbocycles. The zero-order chi connectivity index (χ0) is 22.0. The van der Waals surface area contributed by atoms with Gasteiger partial charge < -0.3 is 25.4 Å². The van der Waals surface area contributed by atoms with E-state index in [1.807, 2.05) is 24.3 Å². The Bertz CT molecular complexity index is 1050. The van der Waals surface area contributed by atoms with Crippen molar-refractivity contribution >= 4 is 17.3 Å². The minimum Gasteiger partial charge on any atom is -0.733 e. The molecule has 1 fully saturated rings. The molecule has 3 aromatic rings. The maximum Gasteiger partial charge on any atom is 0.244 e. The van der Waals surface area contributed by atoms with Crippen LogP contribution in [0.15, 0.2) is 53.1 Å². The summed E-state index contributed by atoms with van der Waals surface area (Å²) < 4.78 is 5.47. The molecule has 1 amide bonds. The number of nitrogens with zero attached hydrogens (tertiary/aromatic N) is 4. The first-order chi connectivity index (χ1) is 14.9. The van der Waals surface area contributed by atoms with Crippen molar-refractivity contribution in [2.45, 2.75) is 32.0 Å². The Labute approximate surface area is 178 Å². The molecular formula is C21H22N5O5-. The molecule has 4 rings (SSSR count). The Kier molecular flexibility index (Phi) is 5.96. The molecule has 0 radical (unpaired) electrons. The lowest BCUT2D eigenvalue weighted by atomic mass is 10.1. The molecule has 0 spiro atoms. The number of anilines is 2. The molecule has 31 heavy (non-hydrogen) atoms. The Hall–Kier alpha value is -3.31. The number of aliphatic hydroxyl groups excluding tert-OH is 1. The predicted molar refractivity (Wildman–Crippen MR) is 112 cm³/mol. The van der Waals surface area contributed by atoms with E-state index in [9.17, 15) is 15.1 Å². The van der Waals surface area contributed by atoms with Crippen LogP contribution in [0.1, 0.15) is 30.8 Å². The monoisotopic (exact) mass is 424 g/mol. The van der Waals surface area contributed by atoms with Gasteiger partial charge in [-0.3, -0.25) is 14.9 Å². The molecule has 2 aromatic carbocycles. The highest BCUT2D eigenvalue weighted by Gasteiger charge is 2.36. The fraction of sp³-hybridized carbons (Fsp3) is 0.286. The van der Waals surface area contributed by atoms with Crippen molar-refractivity contribution in [2.24, 2.45) is 0 Å². The van der Waals surface area contributed by atoms with Crippen molar-refractivity contribution in [3.63, 3.8) is 0 Å². The molecule has 0 aliphatic carbocycles. The Morgan fingerprint density at radius 1 is 1.32 bits per heavy atom. The van der Waals surface area contributed by atoms with Gasteiger partial charge in [0, 0.05) is 31.3 Å². The van der Waals surface area contributed by atoms with E-state index in [0.717, 1.165) is 11.3 Å². The lowest BCUT2D eigenvalue weighted by Crippen LogP contribution is -2.24. The van der Waals surface area contributed by atoms with Crippen LogP contribution in [0, 0.1) is 5.21 Å². The maximum atomic E-state index is 11.2. The van der Waals surface area contributed by atoms with Crippen molar-refractivity contribution in [3.05, 3.63) is 65.2 Å². The molecule has 3 N–H and O–H groups in total.